The molecule has 1 aliphatic heterocycles. The number of hydrogen-bond acceptors (Lipinski definition) is 3. The lowest BCUT2D eigenvalue weighted by atomic mass is 10.00. The molecule has 2 rings (SSSR count). The van der Waals surface area contributed by atoms with Gasteiger partial charge in [0.05, 0.1) is 4.90 Å². The number of benzene rings is 1. The smallest absolute Gasteiger partial charge is 0.240 e. The number of rotatable bonds is 6. The van der Waals surface area contributed by atoms with E-state index in [0.29, 0.717) is 17.4 Å². The van der Waals surface area contributed by atoms with Gasteiger partial charge in [-0.2, -0.15) is 0 Å². The molecule has 0 bridgehead atoms. The Morgan fingerprint density at radius 2 is 2.00 bits per heavy atom. The first-order valence-corrected chi connectivity index (χ1v) is 9.34. The predicted molar refractivity (Wildman–Crippen MR) is 87.3 cm³/mol. The minimum atomic E-state index is -3.42. The van der Waals surface area contributed by atoms with E-state index >= 15 is 0 Å². The molecular formula is C16H26N2O2S. The topological polar surface area (TPSA) is 58.2 Å². The third-order valence-corrected chi connectivity index (χ3v) is 5.90. The number of fused-ring (bicyclic) bond motifs is 1. The Kier molecular flexibility index (Phi) is 5.27. The number of sulfonamides is 1. The third kappa shape index (κ3) is 3.58. The van der Waals surface area contributed by atoms with Crippen LogP contribution in [0.15, 0.2) is 17.0 Å². The molecule has 0 unspecified atom stereocenters. The van der Waals surface area contributed by atoms with Gasteiger partial charge in [0.15, 0.2) is 0 Å². The number of aryl methyl sites for hydroxylation is 1. The molecule has 0 saturated carbocycles. The van der Waals surface area contributed by atoms with Crippen molar-refractivity contribution in [2.45, 2.75) is 51.3 Å². The summed E-state index contributed by atoms with van der Waals surface area (Å²) in [6.45, 7) is 7.65. The van der Waals surface area contributed by atoms with Gasteiger partial charge in [0, 0.05) is 18.8 Å². The molecule has 1 aliphatic rings. The normalized spacial score (nSPS) is 14.9. The Morgan fingerprint density at radius 1 is 1.29 bits per heavy atom. The van der Waals surface area contributed by atoms with E-state index in [4.69, 9.17) is 0 Å². The average molecular weight is 310 g/mol. The van der Waals surface area contributed by atoms with Gasteiger partial charge in [-0.05, 0) is 42.9 Å². The molecule has 0 fully saturated rings. The fourth-order valence-electron chi connectivity index (χ4n) is 2.85. The van der Waals surface area contributed by atoms with Crippen molar-refractivity contribution in [2.24, 2.45) is 5.92 Å². The minimum absolute atomic E-state index is 0.402. The molecule has 5 heteroatoms. The fourth-order valence-corrected chi connectivity index (χ4v) is 4.24. The molecule has 0 saturated heterocycles. The van der Waals surface area contributed by atoms with Crippen molar-refractivity contribution in [3.8, 4) is 0 Å². The maximum atomic E-state index is 12.6. The van der Waals surface area contributed by atoms with E-state index in [0.717, 1.165) is 49.0 Å². The van der Waals surface area contributed by atoms with Gasteiger partial charge in [-0.15, -0.1) is 0 Å². The van der Waals surface area contributed by atoms with Crippen molar-refractivity contribution < 1.29 is 8.42 Å². The Morgan fingerprint density at radius 3 is 2.67 bits per heavy atom. The Balaban J connectivity index is 2.28. The zero-order valence-electron chi connectivity index (χ0n) is 13.2. The van der Waals surface area contributed by atoms with Crippen molar-refractivity contribution in [1.82, 2.24) is 4.72 Å². The molecule has 1 aromatic carbocycles. The summed E-state index contributed by atoms with van der Waals surface area (Å²) in [6, 6.07) is 3.64. The summed E-state index contributed by atoms with van der Waals surface area (Å²) in [5.74, 6) is 0.402. The van der Waals surface area contributed by atoms with Crippen LogP contribution in [0.4, 0.5) is 5.69 Å². The second-order valence-electron chi connectivity index (χ2n) is 5.80. The lowest BCUT2D eigenvalue weighted by molar-refractivity contribution is 0.478. The summed E-state index contributed by atoms with van der Waals surface area (Å²) in [6.07, 6.45) is 3.79. The molecule has 118 valence electrons. The second-order valence-corrected chi connectivity index (χ2v) is 7.53. The molecule has 0 spiro atoms. The van der Waals surface area contributed by atoms with Crippen LogP contribution in [0.3, 0.4) is 0 Å². The molecule has 0 atom stereocenters. The summed E-state index contributed by atoms with van der Waals surface area (Å²) >= 11 is 0. The van der Waals surface area contributed by atoms with Gasteiger partial charge >= 0.3 is 0 Å². The van der Waals surface area contributed by atoms with Crippen molar-refractivity contribution in [3.05, 3.63) is 23.3 Å². The van der Waals surface area contributed by atoms with E-state index in [1.54, 1.807) is 6.07 Å². The molecule has 0 radical (unpaired) electrons. The molecular weight excluding hydrogens is 284 g/mol. The zero-order chi connectivity index (χ0) is 15.5. The van der Waals surface area contributed by atoms with E-state index < -0.39 is 10.0 Å². The lowest BCUT2D eigenvalue weighted by Crippen LogP contribution is -2.30. The summed E-state index contributed by atoms with van der Waals surface area (Å²) < 4.78 is 28.0. The lowest BCUT2D eigenvalue weighted by Gasteiger charge is -2.23. The van der Waals surface area contributed by atoms with Crippen LogP contribution >= 0.6 is 0 Å². The summed E-state index contributed by atoms with van der Waals surface area (Å²) in [7, 11) is -3.42. The van der Waals surface area contributed by atoms with Crippen molar-refractivity contribution in [2.75, 3.05) is 18.4 Å². The van der Waals surface area contributed by atoms with Crippen molar-refractivity contribution >= 4 is 15.7 Å². The predicted octanol–water partition coefficient (Wildman–Crippen LogP) is 3.07. The van der Waals surface area contributed by atoms with E-state index in [-0.39, 0.29) is 0 Å². The third-order valence-electron chi connectivity index (χ3n) is 4.39. The van der Waals surface area contributed by atoms with Gasteiger partial charge in [0.2, 0.25) is 10.0 Å². The van der Waals surface area contributed by atoms with E-state index in [1.165, 1.54) is 0 Å². The Hall–Kier alpha value is -1.07. The second kappa shape index (κ2) is 6.79. The highest BCUT2D eigenvalue weighted by Gasteiger charge is 2.24. The van der Waals surface area contributed by atoms with Crippen LogP contribution in [0.25, 0.3) is 0 Å². The molecule has 1 aromatic rings. The summed E-state index contributed by atoms with van der Waals surface area (Å²) in [5, 5.41) is 3.34. The van der Waals surface area contributed by atoms with E-state index in [1.807, 2.05) is 13.0 Å². The van der Waals surface area contributed by atoms with Crippen LogP contribution in [0.1, 0.15) is 44.2 Å². The number of nitrogens with one attached hydrogen (secondary N) is 2. The molecule has 0 aliphatic carbocycles. The van der Waals surface area contributed by atoms with Crippen molar-refractivity contribution in [3.63, 3.8) is 0 Å². The summed E-state index contributed by atoms with van der Waals surface area (Å²) in [5.41, 5.74) is 3.06. The van der Waals surface area contributed by atoms with Crippen LogP contribution in [0.5, 0.6) is 0 Å². The van der Waals surface area contributed by atoms with Crippen molar-refractivity contribution in [1.29, 1.82) is 0 Å². The maximum Gasteiger partial charge on any atom is 0.240 e. The largest absolute Gasteiger partial charge is 0.385 e. The van der Waals surface area contributed by atoms with Gasteiger partial charge in [0.1, 0.15) is 0 Å². The molecule has 1 heterocycles. The van der Waals surface area contributed by atoms with E-state index in [2.05, 4.69) is 23.9 Å². The van der Waals surface area contributed by atoms with Gasteiger partial charge in [0.25, 0.3) is 0 Å². The molecule has 0 amide bonds. The Labute approximate surface area is 128 Å². The average Bonchev–Trinajstić information content (AvgIpc) is 2.48. The first-order chi connectivity index (χ1) is 9.99. The van der Waals surface area contributed by atoms with Crippen LogP contribution in [-0.4, -0.2) is 21.5 Å². The minimum Gasteiger partial charge on any atom is -0.385 e. The van der Waals surface area contributed by atoms with Gasteiger partial charge < -0.3 is 5.32 Å². The molecule has 2 N–H and O–H groups in total. The maximum absolute atomic E-state index is 12.6. The number of hydrogen-bond donors (Lipinski definition) is 2. The monoisotopic (exact) mass is 310 g/mol. The standard InChI is InChI=1S/C16H26N2O2S/c1-4-13(5-2)11-18-21(19,20)15-9-8-12(3)16-14(15)7-6-10-17-16/h8-9,13,17-18H,4-7,10-11H2,1-3H3. The zero-order valence-corrected chi connectivity index (χ0v) is 14.0. The first kappa shape index (κ1) is 16.3. The highest BCUT2D eigenvalue weighted by atomic mass is 32.2. The number of anilines is 1. The van der Waals surface area contributed by atoms with Gasteiger partial charge in [-0.1, -0.05) is 32.8 Å². The highest BCUT2D eigenvalue weighted by molar-refractivity contribution is 7.89. The molecule has 21 heavy (non-hydrogen) atoms. The van der Waals surface area contributed by atoms with Crippen LogP contribution < -0.4 is 10.0 Å². The highest BCUT2D eigenvalue weighted by Crippen LogP contribution is 2.31. The van der Waals surface area contributed by atoms with Crippen LogP contribution in [0, 0.1) is 12.8 Å². The van der Waals surface area contributed by atoms with Gasteiger partial charge in [-0.3, -0.25) is 0 Å². The van der Waals surface area contributed by atoms with Crippen LogP contribution in [0.2, 0.25) is 0 Å². The van der Waals surface area contributed by atoms with E-state index in [9.17, 15) is 8.42 Å². The quantitative estimate of drug-likeness (QED) is 0.849. The molecule has 4 nitrogen and oxygen atoms in total. The van der Waals surface area contributed by atoms with Gasteiger partial charge in [-0.25, -0.2) is 13.1 Å². The van der Waals surface area contributed by atoms with Crippen LogP contribution in [-0.2, 0) is 16.4 Å². The fraction of sp³-hybridized carbons (Fsp3) is 0.625. The first-order valence-electron chi connectivity index (χ1n) is 7.85. The molecule has 0 aromatic heterocycles. The summed E-state index contributed by atoms with van der Waals surface area (Å²) in [4.78, 5) is 0.446. The Bertz CT molecular complexity index is 593. The SMILES string of the molecule is CCC(CC)CNS(=O)(=O)c1ccc(C)c2c1CCCN2.